The topological polar surface area (TPSA) is 62.0 Å². The lowest BCUT2D eigenvalue weighted by Gasteiger charge is -2.00. The van der Waals surface area contributed by atoms with Gasteiger partial charge >= 0.3 is 5.97 Å². The first kappa shape index (κ1) is 13.2. The van der Waals surface area contributed by atoms with Crippen LogP contribution in [0, 0.1) is 0 Å². The van der Waals surface area contributed by atoms with Crippen molar-refractivity contribution in [2.75, 3.05) is 0 Å². The zero-order valence-corrected chi connectivity index (χ0v) is 10.7. The highest BCUT2D eigenvalue weighted by Crippen LogP contribution is 2.23. The van der Waals surface area contributed by atoms with E-state index in [-0.39, 0.29) is 5.56 Å². The molecule has 0 aliphatic carbocycles. The van der Waals surface area contributed by atoms with Crippen LogP contribution in [-0.4, -0.2) is 11.1 Å². The number of rotatable bonds is 4. The monoisotopic (exact) mass is 274 g/mol. The molecular formula is C14H11ClN2O2. The number of carboxylic acids is 1. The predicted octanol–water partition coefficient (Wildman–Crippen LogP) is 4.32. The Hall–Kier alpha value is -2.20. The molecule has 5 heteroatoms. The zero-order chi connectivity index (χ0) is 13.7. The van der Waals surface area contributed by atoms with Gasteiger partial charge in [-0.3, -0.25) is 0 Å². The van der Waals surface area contributed by atoms with Gasteiger partial charge in [-0.1, -0.05) is 41.9 Å². The number of nitrogens with zero attached hydrogens (tertiary/aromatic N) is 2. The van der Waals surface area contributed by atoms with Crippen LogP contribution in [0.2, 0.25) is 5.02 Å². The summed E-state index contributed by atoms with van der Waals surface area (Å²) in [5.74, 6) is -1.07. The van der Waals surface area contributed by atoms with Gasteiger partial charge in [-0.2, -0.15) is 10.2 Å². The molecule has 4 nitrogen and oxygen atoms in total. The van der Waals surface area contributed by atoms with Gasteiger partial charge in [0.1, 0.15) is 0 Å². The molecule has 0 atom stereocenters. The minimum Gasteiger partial charge on any atom is -0.478 e. The summed E-state index contributed by atoms with van der Waals surface area (Å²) in [4.78, 5) is 11.0. The van der Waals surface area contributed by atoms with E-state index in [4.69, 9.17) is 16.7 Å². The van der Waals surface area contributed by atoms with Gasteiger partial charge in [0.25, 0.3) is 0 Å². The Morgan fingerprint density at radius 3 is 2.58 bits per heavy atom. The largest absolute Gasteiger partial charge is 0.478 e. The van der Waals surface area contributed by atoms with Crippen molar-refractivity contribution in [2.24, 2.45) is 10.2 Å². The standard InChI is InChI=1S/C14H11ClN2O2/c15-11-6-7-13(12(8-11)14(18)19)17-16-9-10-4-2-1-3-5-10/h1-8H,9H2,(H,18,19). The summed E-state index contributed by atoms with van der Waals surface area (Å²) in [6.45, 7) is 0.405. The highest BCUT2D eigenvalue weighted by atomic mass is 35.5. The molecule has 2 aromatic rings. The van der Waals surface area contributed by atoms with Gasteiger partial charge in [0.2, 0.25) is 0 Å². The highest BCUT2D eigenvalue weighted by molar-refractivity contribution is 6.31. The number of halogens is 1. The average molecular weight is 275 g/mol. The fourth-order valence-electron chi connectivity index (χ4n) is 1.54. The van der Waals surface area contributed by atoms with Crippen LogP contribution >= 0.6 is 11.6 Å². The molecule has 0 saturated carbocycles. The second-order valence-electron chi connectivity index (χ2n) is 3.85. The molecular weight excluding hydrogens is 264 g/mol. The number of aromatic carboxylic acids is 1. The third kappa shape index (κ3) is 3.63. The lowest BCUT2D eigenvalue weighted by molar-refractivity contribution is 0.0697. The molecule has 0 radical (unpaired) electrons. The first-order valence-electron chi connectivity index (χ1n) is 5.61. The molecule has 0 aromatic heterocycles. The van der Waals surface area contributed by atoms with Gasteiger partial charge in [0.05, 0.1) is 17.8 Å². The van der Waals surface area contributed by atoms with E-state index in [0.29, 0.717) is 17.3 Å². The molecule has 1 N–H and O–H groups in total. The van der Waals surface area contributed by atoms with Crippen molar-refractivity contribution >= 4 is 23.3 Å². The summed E-state index contributed by atoms with van der Waals surface area (Å²) >= 11 is 5.76. The minimum atomic E-state index is -1.07. The van der Waals surface area contributed by atoms with Gasteiger partial charge in [-0.05, 0) is 23.8 Å². The fraction of sp³-hybridized carbons (Fsp3) is 0.0714. The van der Waals surface area contributed by atoms with Crippen molar-refractivity contribution < 1.29 is 9.90 Å². The fourth-order valence-corrected chi connectivity index (χ4v) is 1.72. The molecule has 0 aliphatic heterocycles. The number of azo groups is 1. The molecule has 0 saturated heterocycles. The maximum atomic E-state index is 11.0. The number of benzene rings is 2. The van der Waals surface area contributed by atoms with E-state index in [1.807, 2.05) is 30.3 Å². The number of hydrogen-bond acceptors (Lipinski definition) is 3. The predicted molar refractivity (Wildman–Crippen MR) is 73.1 cm³/mol. The van der Waals surface area contributed by atoms with E-state index >= 15 is 0 Å². The lowest BCUT2D eigenvalue weighted by atomic mass is 10.2. The summed E-state index contributed by atoms with van der Waals surface area (Å²) in [6.07, 6.45) is 0. The lowest BCUT2D eigenvalue weighted by Crippen LogP contribution is -1.96. The van der Waals surface area contributed by atoms with E-state index in [0.717, 1.165) is 5.56 Å². The van der Waals surface area contributed by atoms with Crippen molar-refractivity contribution in [1.82, 2.24) is 0 Å². The summed E-state index contributed by atoms with van der Waals surface area (Å²) in [5.41, 5.74) is 1.36. The minimum absolute atomic E-state index is 0.0457. The summed E-state index contributed by atoms with van der Waals surface area (Å²) in [5, 5.41) is 17.4. The Morgan fingerprint density at radius 2 is 1.89 bits per heavy atom. The number of carboxylic acid groups (broad SMARTS) is 1. The maximum absolute atomic E-state index is 11.0. The summed E-state index contributed by atoms with van der Waals surface area (Å²) in [6, 6.07) is 14.1. The Balaban J connectivity index is 2.17. The summed E-state index contributed by atoms with van der Waals surface area (Å²) < 4.78 is 0. The zero-order valence-electron chi connectivity index (χ0n) is 9.95. The quantitative estimate of drug-likeness (QED) is 0.844. The van der Waals surface area contributed by atoms with Crippen molar-refractivity contribution in [1.29, 1.82) is 0 Å². The molecule has 0 bridgehead atoms. The molecule has 2 aromatic carbocycles. The van der Waals surface area contributed by atoms with Crippen LogP contribution in [0.1, 0.15) is 15.9 Å². The van der Waals surface area contributed by atoms with Crippen LogP contribution in [0.4, 0.5) is 5.69 Å². The van der Waals surface area contributed by atoms with E-state index < -0.39 is 5.97 Å². The molecule has 0 fully saturated rings. The molecule has 0 unspecified atom stereocenters. The Labute approximate surface area is 115 Å². The first-order valence-corrected chi connectivity index (χ1v) is 5.99. The van der Waals surface area contributed by atoms with Crippen molar-refractivity contribution in [2.45, 2.75) is 6.54 Å². The molecule has 0 aliphatic rings. The van der Waals surface area contributed by atoms with E-state index in [2.05, 4.69) is 10.2 Å². The van der Waals surface area contributed by atoms with Crippen LogP contribution in [0.5, 0.6) is 0 Å². The van der Waals surface area contributed by atoms with Crippen LogP contribution in [0.15, 0.2) is 58.8 Å². The van der Waals surface area contributed by atoms with Crippen LogP contribution in [0.3, 0.4) is 0 Å². The second-order valence-corrected chi connectivity index (χ2v) is 4.29. The van der Waals surface area contributed by atoms with Gasteiger partial charge in [0.15, 0.2) is 0 Å². The second kappa shape index (κ2) is 6.11. The Morgan fingerprint density at radius 1 is 1.16 bits per heavy atom. The number of hydrogen-bond donors (Lipinski definition) is 1. The molecule has 2 rings (SSSR count). The smallest absolute Gasteiger partial charge is 0.338 e. The molecule has 0 spiro atoms. The van der Waals surface area contributed by atoms with Crippen LogP contribution in [0.25, 0.3) is 0 Å². The molecule has 0 amide bonds. The summed E-state index contributed by atoms with van der Waals surface area (Å²) in [7, 11) is 0. The third-order valence-corrected chi connectivity index (χ3v) is 2.70. The SMILES string of the molecule is O=C(O)c1cc(Cl)ccc1N=NCc1ccccc1. The Bertz CT molecular complexity index is 612. The number of carbonyl (C=O) groups is 1. The van der Waals surface area contributed by atoms with Crippen molar-refractivity contribution in [3.63, 3.8) is 0 Å². The normalized spacial score (nSPS) is 10.8. The Kier molecular flexibility index (Phi) is 4.26. The average Bonchev–Trinajstić information content (AvgIpc) is 2.41. The van der Waals surface area contributed by atoms with E-state index in [1.165, 1.54) is 6.07 Å². The molecule has 0 heterocycles. The first-order chi connectivity index (χ1) is 9.16. The van der Waals surface area contributed by atoms with E-state index in [1.54, 1.807) is 12.1 Å². The third-order valence-electron chi connectivity index (χ3n) is 2.46. The highest BCUT2D eigenvalue weighted by Gasteiger charge is 2.10. The van der Waals surface area contributed by atoms with Crippen LogP contribution in [-0.2, 0) is 6.54 Å². The van der Waals surface area contributed by atoms with Crippen LogP contribution < -0.4 is 0 Å². The van der Waals surface area contributed by atoms with Crippen molar-refractivity contribution in [3.05, 3.63) is 64.7 Å². The molecule has 19 heavy (non-hydrogen) atoms. The van der Waals surface area contributed by atoms with Gasteiger partial charge in [0, 0.05) is 5.02 Å². The van der Waals surface area contributed by atoms with Crippen molar-refractivity contribution in [3.8, 4) is 0 Å². The molecule has 96 valence electrons. The van der Waals surface area contributed by atoms with Gasteiger partial charge in [-0.25, -0.2) is 4.79 Å². The maximum Gasteiger partial charge on any atom is 0.338 e. The van der Waals surface area contributed by atoms with Gasteiger partial charge in [-0.15, -0.1) is 0 Å². The van der Waals surface area contributed by atoms with E-state index in [9.17, 15) is 4.79 Å². The van der Waals surface area contributed by atoms with Gasteiger partial charge < -0.3 is 5.11 Å².